The molecule has 9 heteroatoms. The summed E-state index contributed by atoms with van der Waals surface area (Å²) in [6, 6.07) is 12.8. The van der Waals surface area contributed by atoms with E-state index in [0.29, 0.717) is 17.1 Å². The lowest BCUT2D eigenvalue weighted by Gasteiger charge is -2.11. The molecule has 3 aromatic heterocycles. The Morgan fingerprint density at radius 3 is 2.80 bits per heavy atom. The first-order chi connectivity index (χ1) is 14.7. The number of nitrogens with two attached hydrogens (primary N) is 1. The second kappa shape index (κ2) is 8.66. The Morgan fingerprint density at radius 2 is 2.00 bits per heavy atom. The molecule has 0 saturated heterocycles. The average Bonchev–Trinajstić information content (AvgIpc) is 3.17. The van der Waals surface area contributed by atoms with E-state index in [4.69, 9.17) is 5.73 Å². The second-order valence-corrected chi connectivity index (χ2v) is 7.40. The van der Waals surface area contributed by atoms with Gasteiger partial charge < -0.3 is 16.4 Å². The molecule has 4 aromatic rings. The molecule has 0 aliphatic carbocycles. The number of nitrogens with zero attached hydrogens (tertiary/aromatic N) is 4. The molecule has 4 rings (SSSR count). The number of amides is 1. The molecule has 1 amide bonds. The van der Waals surface area contributed by atoms with Gasteiger partial charge in [-0.05, 0) is 31.2 Å². The molecule has 0 aliphatic heterocycles. The Kier molecular flexibility index (Phi) is 5.62. The number of aliphatic imine (C=N–C) groups is 1. The second-order valence-electron chi connectivity index (χ2n) is 6.40. The van der Waals surface area contributed by atoms with E-state index in [-0.39, 0.29) is 12.1 Å². The number of benzene rings is 1. The van der Waals surface area contributed by atoms with Gasteiger partial charge in [0.15, 0.2) is 0 Å². The quantitative estimate of drug-likeness (QED) is 0.414. The zero-order valence-electron chi connectivity index (χ0n) is 16.1. The summed E-state index contributed by atoms with van der Waals surface area (Å²) in [6.07, 6.45) is 5.78. The summed E-state index contributed by atoms with van der Waals surface area (Å²) in [5, 5.41) is 7.00. The summed E-state index contributed by atoms with van der Waals surface area (Å²) < 4.78 is 0.917. The van der Waals surface area contributed by atoms with Crippen LogP contribution < -0.4 is 16.4 Å². The zero-order valence-corrected chi connectivity index (χ0v) is 16.9. The van der Waals surface area contributed by atoms with Gasteiger partial charge in [-0.1, -0.05) is 18.2 Å². The van der Waals surface area contributed by atoms with Crippen LogP contribution in [0.4, 0.5) is 5.82 Å². The van der Waals surface area contributed by atoms with E-state index in [9.17, 15) is 4.79 Å². The molecule has 3 heterocycles. The summed E-state index contributed by atoms with van der Waals surface area (Å²) in [4.78, 5) is 30.8. The van der Waals surface area contributed by atoms with Crippen LogP contribution in [-0.4, -0.2) is 33.2 Å². The third-order valence-corrected chi connectivity index (χ3v) is 5.39. The highest BCUT2D eigenvalue weighted by atomic mass is 32.1. The van der Waals surface area contributed by atoms with Crippen molar-refractivity contribution < 1.29 is 4.79 Å². The van der Waals surface area contributed by atoms with Gasteiger partial charge in [0, 0.05) is 29.6 Å². The minimum absolute atomic E-state index is 0.255. The summed E-state index contributed by atoms with van der Waals surface area (Å²) in [7, 11) is 0. The van der Waals surface area contributed by atoms with Crippen molar-refractivity contribution in [1.82, 2.24) is 20.3 Å². The van der Waals surface area contributed by atoms with E-state index in [1.165, 1.54) is 30.1 Å². The monoisotopic (exact) mass is 417 g/mol. The Balaban J connectivity index is 1.48. The lowest BCUT2D eigenvalue weighted by atomic mass is 10.2. The number of rotatable bonds is 6. The number of carbonyl (C=O) groups is 1. The number of aromatic nitrogens is 3. The summed E-state index contributed by atoms with van der Waals surface area (Å²) in [5.41, 5.74) is 7.44. The van der Waals surface area contributed by atoms with E-state index >= 15 is 0 Å². The van der Waals surface area contributed by atoms with Crippen LogP contribution in [0.25, 0.3) is 20.4 Å². The Morgan fingerprint density at radius 1 is 1.17 bits per heavy atom. The Bertz CT molecular complexity index is 1250. The topological polar surface area (TPSA) is 118 Å². The number of nitrogens with one attached hydrogen (secondary N) is 2. The zero-order chi connectivity index (χ0) is 20.9. The molecule has 1 unspecified atom stereocenters. The van der Waals surface area contributed by atoms with Crippen LogP contribution in [0.5, 0.6) is 0 Å². The first-order valence-corrected chi connectivity index (χ1v) is 10.0. The number of carbonyl (C=O) groups excluding carboxylic acids is 1. The predicted molar refractivity (Wildman–Crippen MR) is 120 cm³/mol. The van der Waals surface area contributed by atoms with Gasteiger partial charge >= 0.3 is 0 Å². The average molecular weight is 417 g/mol. The van der Waals surface area contributed by atoms with Crippen LogP contribution in [0.1, 0.15) is 17.3 Å². The SMILES string of the molecule is CC(N=C/C(=C\N)NC(=O)c1ccccc1)Nc1ncnc2c1sc1ncccc12. The molecular formula is C21H19N7OS. The normalized spacial score (nSPS) is 13.0. The summed E-state index contributed by atoms with van der Waals surface area (Å²) in [5.74, 6) is 0.425. The molecule has 8 nitrogen and oxygen atoms in total. The number of hydrogen-bond acceptors (Lipinski definition) is 8. The standard InChI is InChI=1S/C21H19N7OS/c1-13(24-11-15(10-22)28-20(29)14-6-3-2-4-7-14)27-19-18-17(25-12-26-19)16-8-5-9-23-21(16)30-18/h2-13H,22H2,1H3,(H,28,29)(H,25,26,27)/b15-10+,24-11?. The maximum atomic E-state index is 12.3. The van der Waals surface area contributed by atoms with E-state index in [1.807, 2.05) is 25.1 Å². The largest absolute Gasteiger partial charge is 0.403 e. The molecule has 4 N–H and O–H groups in total. The first-order valence-electron chi connectivity index (χ1n) is 9.22. The Hall–Kier alpha value is -3.85. The van der Waals surface area contributed by atoms with Crippen molar-refractivity contribution in [3.05, 3.63) is 72.4 Å². The third kappa shape index (κ3) is 4.11. The fourth-order valence-electron chi connectivity index (χ4n) is 2.85. The highest BCUT2D eigenvalue weighted by Crippen LogP contribution is 2.34. The van der Waals surface area contributed by atoms with Crippen LogP contribution in [0, 0.1) is 0 Å². The van der Waals surface area contributed by atoms with E-state index in [1.54, 1.807) is 30.5 Å². The smallest absolute Gasteiger partial charge is 0.255 e. The molecule has 0 aliphatic rings. The van der Waals surface area contributed by atoms with Crippen molar-refractivity contribution in [2.45, 2.75) is 13.1 Å². The minimum Gasteiger partial charge on any atom is -0.403 e. The third-order valence-electron chi connectivity index (χ3n) is 4.29. The lowest BCUT2D eigenvalue weighted by molar-refractivity contribution is 0.0968. The fourth-order valence-corrected chi connectivity index (χ4v) is 3.90. The molecule has 30 heavy (non-hydrogen) atoms. The number of anilines is 1. The summed E-state index contributed by atoms with van der Waals surface area (Å²) >= 11 is 1.53. The van der Waals surface area contributed by atoms with E-state index < -0.39 is 0 Å². The van der Waals surface area contributed by atoms with Gasteiger partial charge in [-0.2, -0.15) is 0 Å². The van der Waals surface area contributed by atoms with Crippen LogP contribution in [0.15, 0.2) is 71.9 Å². The van der Waals surface area contributed by atoms with Crippen LogP contribution >= 0.6 is 11.3 Å². The lowest BCUT2D eigenvalue weighted by Crippen LogP contribution is -2.25. The highest BCUT2D eigenvalue weighted by Gasteiger charge is 2.13. The van der Waals surface area contributed by atoms with Gasteiger partial charge in [-0.25, -0.2) is 15.0 Å². The van der Waals surface area contributed by atoms with Crippen molar-refractivity contribution in [3.8, 4) is 0 Å². The van der Waals surface area contributed by atoms with E-state index in [0.717, 1.165) is 20.4 Å². The number of hydrogen-bond donors (Lipinski definition) is 3. The van der Waals surface area contributed by atoms with Crippen molar-refractivity contribution >= 4 is 49.7 Å². The van der Waals surface area contributed by atoms with Crippen molar-refractivity contribution in [2.75, 3.05) is 5.32 Å². The van der Waals surface area contributed by atoms with Gasteiger partial charge in [0.2, 0.25) is 0 Å². The number of thiophene rings is 1. The highest BCUT2D eigenvalue weighted by molar-refractivity contribution is 7.25. The molecule has 1 atom stereocenters. The molecule has 0 radical (unpaired) electrons. The van der Waals surface area contributed by atoms with Gasteiger partial charge in [0.1, 0.15) is 23.1 Å². The van der Waals surface area contributed by atoms with Crippen LogP contribution in [-0.2, 0) is 0 Å². The van der Waals surface area contributed by atoms with Crippen molar-refractivity contribution in [3.63, 3.8) is 0 Å². The number of pyridine rings is 1. The number of allylic oxidation sites excluding steroid dienone is 1. The van der Waals surface area contributed by atoms with Crippen LogP contribution in [0.3, 0.4) is 0 Å². The molecule has 0 bridgehead atoms. The molecule has 0 spiro atoms. The van der Waals surface area contributed by atoms with Crippen molar-refractivity contribution in [1.29, 1.82) is 0 Å². The maximum Gasteiger partial charge on any atom is 0.255 e. The Labute approximate surface area is 176 Å². The fraction of sp³-hybridized carbons (Fsp3) is 0.0952. The predicted octanol–water partition coefficient (Wildman–Crippen LogP) is 3.30. The molecule has 150 valence electrons. The maximum absolute atomic E-state index is 12.3. The van der Waals surface area contributed by atoms with Gasteiger partial charge in [-0.3, -0.25) is 9.79 Å². The van der Waals surface area contributed by atoms with Crippen molar-refractivity contribution in [2.24, 2.45) is 10.7 Å². The van der Waals surface area contributed by atoms with Gasteiger partial charge in [0.25, 0.3) is 5.91 Å². The molecule has 0 fully saturated rings. The first kappa shape index (κ1) is 19.5. The molecule has 1 aromatic carbocycles. The van der Waals surface area contributed by atoms with Gasteiger partial charge in [-0.15, -0.1) is 11.3 Å². The summed E-state index contributed by atoms with van der Waals surface area (Å²) in [6.45, 7) is 1.88. The number of fused-ring (bicyclic) bond motifs is 3. The molecular weight excluding hydrogens is 398 g/mol. The molecule has 0 saturated carbocycles. The van der Waals surface area contributed by atoms with Gasteiger partial charge in [0.05, 0.1) is 15.9 Å². The van der Waals surface area contributed by atoms with Crippen LogP contribution in [0.2, 0.25) is 0 Å². The van der Waals surface area contributed by atoms with E-state index in [2.05, 4.69) is 30.6 Å². The minimum atomic E-state index is -0.315.